The van der Waals surface area contributed by atoms with Gasteiger partial charge in [-0.2, -0.15) is 0 Å². The quantitative estimate of drug-likeness (QED) is 0.686. The molecule has 0 aliphatic heterocycles. The Labute approximate surface area is 110 Å². The van der Waals surface area contributed by atoms with Gasteiger partial charge >= 0.3 is 0 Å². The Balaban J connectivity index is 2.34. The first-order valence-corrected chi connectivity index (χ1v) is 6.64. The lowest BCUT2D eigenvalue weighted by molar-refractivity contribution is 0.0816. The number of furan rings is 1. The van der Waals surface area contributed by atoms with Crippen LogP contribution in [0.3, 0.4) is 0 Å². The van der Waals surface area contributed by atoms with Gasteiger partial charge in [0.05, 0.1) is 18.9 Å². The van der Waals surface area contributed by atoms with Crippen LogP contribution in [0.2, 0.25) is 0 Å². The van der Waals surface area contributed by atoms with E-state index in [-0.39, 0.29) is 6.10 Å². The van der Waals surface area contributed by atoms with Crippen LogP contribution in [0.15, 0.2) is 16.7 Å². The summed E-state index contributed by atoms with van der Waals surface area (Å²) in [6.45, 7) is 7.89. The van der Waals surface area contributed by atoms with Gasteiger partial charge in [-0.3, -0.25) is 4.90 Å². The number of nitrogens with one attached hydrogen (secondary N) is 1. The molecule has 0 aliphatic carbocycles. The number of hydrogen-bond donors (Lipinski definition) is 1. The van der Waals surface area contributed by atoms with Crippen molar-refractivity contribution in [1.29, 1.82) is 0 Å². The summed E-state index contributed by atoms with van der Waals surface area (Å²) in [5.41, 5.74) is 1.21. The van der Waals surface area contributed by atoms with E-state index in [1.54, 1.807) is 7.11 Å². The van der Waals surface area contributed by atoms with E-state index < -0.39 is 0 Å². The van der Waals surface area contributed by atoms with Gasteiger partial charge in [0.2, 0.25) is 0 Å². The van der Waals surface area contributed by atoms with Gasteiger partial charge in [0.15, 0.2) is 0 Å². The Morgan fingerprint density at radius 2 is 2.28 bits per heavy atom. The molecular weight excluding hydrogens is 228 g/mol. The zero-order valence-corrected chi connectivity index (χ0v) is 12.0. The van der Waals surface area contributed by atoms with Crippen LogP contribution in [0.4, 0.5) is 0 Å². The van der Waals surface area contributed by atoms with Gasteiger partial charge in [-0.05, 0) is 33.0 Å². The highest BCUT2D eigenvalue weighted by Gasteiger charge is 2.08. The number of likely N-dealkylation sites (N-methyl/N-ethyl adjacent to an activating group) is 1. The predicted molar refractivity (Wildman–Crippen MR) is 73.5 cm³/mol. The smallest absolute Gasteiger partial charge is 0.118 e. The van der Waals surface area contributed by atoms with E-state index in [1.807, 2.05) is 6.26 Å². The molecular formula is C14H26N2O2. The molecule has 1 aromatic rings. The van der Waals surface area contributed by atoms with E-state index in [1.165, 1.54) is 5.56 Å². The largest absolute Gasteiger partial charge is 0.468 e. The number of ether oxygens (including phenoxy) is 1. The fraction of sp³-hybridized carbons (Fsp3) is 0.714. The van der Waals surface area contributed by atoms with Crippen LogP contribution >= 0.6 is 0 Å². The number of hydrogen-bond acceptors (Lipinski definition) is 4. The van der Waals surface area contributed by atoms with Gasteiger partial charge in [0, 0.05) is 25.8 Å². The molecule has 1 atom stereocenters. The average molecular weight is 254 g/mol. The molecule has 0 spiro atoms. The summed E-state index contributed by atoms with van der Waals surface area (Å²) in [7, 11) is 3.82. The normalized spacial score (nSPS) is 13.2. The Hall–Kier alpha value is -0.840. The van der Waals surface area contributed by atoms with Crippen molar-refractivity contribution in [2.24, 2.45) is 0 Å². The summed E-state index contributed by atoms with van der Waals surface area (Å²) < 4.78 is 10.8. The van der Waals surface area contributed by atoms with Crippen LogP contribution < -0.4 is 5.32 Å². The van der Waals surface area contributed by atoms with Crippen LogP contribution in [0.5, 0.6) is 0 Å². The van der Waals surface area contributed by atoms with Gasteiger partial charge in [-0.1, -0.05) is 6.92 Å². The number of nitrogens with zero attached hydrogens (tertiary/aromatic N) is 1. The van der Waals surface area contributed by atoms with Crippen molar-refractivity contribution in [2.75, 3.05) is 27.2 Å². The SMILES string of the molecule is CCCNCc1coc(CN(C)CC(C)OC)c1. The van der Waals surface area contributed by atoms with Gasteiger partial charge in [-0.25, -0.2) is 0 Å². The minimum Gasteiger partial charge on any atom is -0.468 e. The lowest BCUT2D eigenvalue weighted by atomic mass is 10.3. The maximum atomic E-state index is 5.56. The molecule has 0 aliphatic rings. The highest BCUT2D eigenvalue weighted by Crippen LogP contribution is 2.10. The van der Waals surface area contributed by atoms with Crippen molar-refractivity contribution in [3.8, 4) is 0 Å². The van der Waals surface area contributed by atoms with E-state index in [2.05, 4.69) is 37.2 Å². The number of methoxy groups -OCH3 is 1. The summed E-state index contributed by atoms with van der Waals surface area (Å²) in [4.78, 5) is 2.20. The summed E-state index contributed by atoms with van der Waals surface area (Å²) in [5, 5.41) is 3.37. The van der Waals surface area contributed by atoms with Crippen LogP contribution in [-0.4, -0.2) is 38.3 Å². The zero-order chi connectivity index (χ0) is 13.4. The molecule has 0 saturated heterocycles. The van der Waals surface area contributed by atoms with E-state index >= 15 is 0 Å². The number of rotatable bonds is 9. The van der Waals surface area contributed by atoms with Crippen LogP contribution in [0, 0.1) is 0 Å². The molecule has 1 unspecified atom stereocenters. The Kier molecular flexibility index (Phi) is 7.01. The van der Waals surface area contributed by atoms with E-state index in [0.717, 1.165) is 38.4 Å². The van der Waals surface area contributed by atoms with Crippen LogP contribution in [0.25, 0.3) is 0 Å². The molecule has 0 saturated carbocycles. The van der Waals surface area contributed by atoms with Gasteiger partial charge in [0.25, 0.3) is 0 Å². The fourth-order valence-electron chi connectivity index (χ4n) is 1.86. The van der Waals surface area contributed by atoms with Crippen LogP contribution in [0.1, 0.15) is 31.6 Å². The maximum Gasteiger partial charge on any atom is 0.118 e. The first kappa shape index (κ1) is 15.2. The van der Waals surface area contributed by atoms with E-state index in [4.69, 9.17) is 9.15 Å². The highest BCUT2D eigenvalue weighted by atomic mass is 16.5. The molecule has 0 aromatic carbocycles. The van der Waals surface area contributed by atoms with Gasteiger partial charge < -0.3 is 14.5 Å². The minimum atomic E-state index is 0.246. The molecule has 18 heavy (non-hydrogen) atoms. The van der Waals surface area contributed by atoms with Crippen molar-refractivity contribution < 1.29 is 9.15 Å². The Morgan fingerprint density at radius 3 is 2.94 bits per heavy atom. The maximum absolute atomic E-state index is 5.56. The molecule has 4 heteroatoms. The van der Waals surface area contributed by atoms with E-state index in [0.29, 0.717) is 0 Å². The molecule has 4 nitrogen and oxygen atoms in total. The standard InChI is InChI=1S/C14H26N2O2/c1-5-6-15-8-13-7-14(18-11-13)10-16(3)9-12(2)17-4/h7,11-12,15H,5-6,8-10H2,1-4H3. The molecule has 1 rings (SSSR count). The summed E-state index contributed by atoms with van der Waals surface area (Å²) in [6, 6.07) is 2.12. The Morgan fingerprint density at radius 1 is 1.50 bits per heavy atom. The third-order valence-corrected chi connectivity index (χ3v) is 2.86. The lowest BCUT2D eigenvalue weighted by Crippen LogP contribution is -2.27. The molecule has 1 aromatic heterocycles. The van der Waals surface area contributed by atoms with E-state index in [9.17, 15) is 0 Å². The molecule has 104 valence electrons. The van der Waals surface area contributed by atoms with Gasteiger partial charge in [0.1, 0.15) is 5.76 Å². The second-order valence-electron chi connectivity index (χ2n) is 4.84. The third kappa shape index (κ3) is 5.67. The molecule has 0 amide bonds. The molecule has 0 bridgehead atoms. The summed E-state index contributed by atoms with van der Waals surface area (Å²) in [6.07, 6.45) is 3.24. The first-order chi connectivity index (χ1) is 8.65. The summed E-state index contributed by atoms with van der Waals surface area (Å²) >= 11 is 0. The molecule has 0 radical (unpaired) electrons. The third-order valence-electron chi connectivity index (χ3n) is 2.86. The van der Waals surface area contributed by atoms with Crippen LogP contribution in [-0.2, 0) is 17.8 Å². The molecule has 0 fully saturated rings. The zero-order valence-electron chi connectivity index (χ0n) is 12.0. The average Bonchev–Trinajstić information content (AvgIpc) is 2.76. The monoisotopic (exact) mass is 254 g/mol. The van der Waals surface area contributed by atoms with Crippen molar-refractivity contribution >= 4 is 0 Å². The second-order valence-corrected chi connectivity index (χ2v) is 4.84. The first-order valence-electron chi connectivity index (χ1n) is 6.64. The topological polar surface area (TPSA) is 37.6 Å². The molecule has 1 N–H and O–H groups in total. The fourth-order valence-corrected chi connectivity index (χ4v) is 1.86. The summed E-state index contributed by atoms with van der Waals surface area (Å²) in [5.74, 6) is 1.01. The predicted octanol–water partition coefficient (Wildman–Crippen LogP) is 2.25. The molecule has 1 heterocycles. The minimum absolute atomic E-state index is 0.246. The highest BCUT2D eigenvalue weighted by molar-refractivity contribution is 5.12. The van der Waals surface area contributed by atoms with Crippen molar-refractivity contribution in [3.63, 3.8) is 0 Å². The van der Waals surface area contributed by atoms with Crippen molar-refractivity contribution in [3.05, 3.63) is 23.7 Å². The van der Waals surface area contributed by atoms with Crippen molar-refractivity contribution in [1.82, 2.24) is 10.2 Å². The second kappa shape index (κ2) is 8.29. The van der Waals surface area contributed by atoms with Crippen molar-refractivity contribution in [2.45, 2.75) is 39.5 Å². The van der Waals surface area contributed by atoms with Gasteiger partial charge in [-0.15, -0.1) is 0 Å². The Bertz CT molecular complexity index is 325. The lowest BCUT2D eigenvalue weighted by Gasteiger charge is -2.18.